The third-order valence-corrected chi connectivity index (χ3v) is 11.3. The highest BCUT2D eigenvalue weighted by Crippen LogP contribution is 2.37. The highest BCUT2D eigenvalue weighted by molar-refractivity contribution is 7.95. The fraction of sp³-hybridized carbons (Fsp3) is 0.0645. The predicted molar refractivity (Wildman–Crippen MR) is 224 cm³/mol. The number of aryl methyl sites for hydroxylation is 2. The Balaban J connectivity index is 1.22. The zero-order chi connectivity index (χ0) is 48.4. The Hall–Kier alpha value is -7.67. The SMILES string of the molecule is C=Nc1cnn(-c2cc(SOOO)cc(S(=O)(=O)O)c2)c1N=Nc1c(C)nn(-c2nc(O)nc(-n3nc(C)c(N=Nc4c(C#N)cnn4-c4cc(SOOO)cc(S(=O)(=O)O)c4)c3N)n2)c1N. The molecule has 7 aromatic rings. The van der Waals surface area contributed by atoms with Gasteiger partial charge >= 0.3 is 6.01 Å². The second-order valence-corrected chi connectivity index (χ2v) is 17.0. The van der Waals surface area contributed by atoms with E-state index in [1.54, 1.807) is 0 Å². The van der Waals surface area contributed by atoms with E-state index in [2.05, 4.69) is 86.3 Å². The number of hydrogen-bond acceptors (Lipinski definition) is 28. The van der Waals surface area contributed by atoms with Crippen molar-refractivity contribution in [1.29, 1.82) is 5.26 Å². The number of nitrogen functional groups attached to an aromatic ring is 2. The minimum Gasteiger partial charge on any atom is -0.479 e. The molecule has 32 nitrogen and oxygen atoms in total. The molecule has 0 bridgehead atoms. The number of anilines is 2. The van der Waals surface area contributed by atoms with Gasteiger partial charge in [0.2, 0.25) is 5.82 Å². The first-order valence-corrected chi connectivity index (χ1v) is 21.8. The minimum atomic E-state index is -4.80. The van der Waals surface area contributed by atoms with Gasteiger partial charge in [0.1, 0.15) is 17.3 Å². The van der Waals surface area contributed by atoms with Crippen LogP contribution in [0.5, 0.6) is 6.01 Å². The van der Waals surface area contributed by atoms with Crippen LogP contribution in [0.1, 0.15) is 17.0 Å². The highest BCUT2D eigenvalue weighted by Gasteiger charge is 2.24. The first-order valence-electron chi connectivity index (χ1n) is 17.4. The maximum Gasteiger partial charge on any atom is 0.320 e. The van der Waals surface area contributed by atoms with Crippen molar-refractivity contribution in [1.82, 2.24) is 54.1 Å². The smallest absolute Gasteiger partial charge is 0.320 e. The van der Waals surface area contributed by atoms with Crippen LogP contribution in [0.4, 0.5) is 40.3 Å². The van der Waals surface area contributed by atoms with Crippen LogP contribution in [-0.4, -0.2) is 102 Å². The lowest BCUT2D eigenvalue weighted by molar-refractivity contribution is -0.432. The average Bonchev–Trinajstić information content (AvgIpc) is 4.04. The number of benzene rings is 2. The van der Waals surface area contributed by atoms with Crippen molar-refractivity contribution in [3.8, 4) is 35.4 Å². The van der Waals surface area contributed by atoms with Gasteiger partial charge in [0.25, 0.3) is 32.1 Å². The Morgan fingerprint density at radius 1 is 0.701 bits per heavy atom. The van der Waals surface area contributed by atoms with Crippen molar-refractivity contribution in [3.63, 3.8) is 0 Å². The van der Waals surface area contributed by atoms with E-state index in [0.717, 1.165) is 49.2 Å². The average molecular weight is 1000 g/mol. The van der Waals surface area contributed by atoms with Crippen molar-refractivity contribution in [2.75, 3.05) is 11.5 Å². The molecule has 0 amide bonds. The molecular formula is C31H25N19O13S4. The van der Waals surface area contributed by atoms with Crippen LogP contribution in [0.15, 0.2) is 93.8 Å². The largest absolute Gasteiger partial charge is 0.479 e. The van der Waals surface area contributed by atoms with Crippen LogP contribution in [0.25, 0.3) is 23.3 Å². The van der Waals surface area contributed by atoms with Gasteiger partial charge in [-0.05, 0) is 57.0 Å². The maximum atomic E-state index is 12.1. The fourth-order valence-electron chi connectivity index (χ4n) is 5.65. The second kappa shape index (κ2) is 19.0. The van der Waals surface area contributed by atoms with Gasteiger partial charge in [0.15, 0.2) is 28.8 Å². The van der Waals surface area contributed by atoms with E-state index in [9.17, 15) is 36.3 Å². The molecule has 9 N–H and O–H groups in total. The summed E-state index contributed by atoms with van der Waals surface area (Å²) in [5.41, 5.74) is 12.8. The van der Waals surface area contributed by atoms with Crippen molar-refractivity contribution < 1.29 is 60.3 Å². The molecule has 36 heteroatoms. The van der Waals surface area contributed by atoms with E-state index in [-0.39, 0.29) is 90.3 Å². The van der Waals surface area contributed by atoms with E-state index in [0.29, 0.717) is 24.1 Å². The van der Waals surface area contributed by atoms with Crippen LogP contribution in [0, 0.1) is 25.2 Å². The predicted octanol–water partition coefficient (Wildman–Crippen LogP) is 4.49. The van der Waals surface area contributed by atoms with Crippen molar-refractivity contribution in [3.05, 3.63) is 65.7 Å². The Morgan fingerprint density at radius 2 is 1.16 bits per heavy atom. The van der Waals surface area contributed by atoms with Gasteiger partial charge in [-0.1, -0.05) is 10.1 Å². The summed E-state index contributed by atoms with van der Waals surface area (Å²) in [6.45, 7) is 6.46. The Labute approximate surface area is 381 Å². The van der Waals surface area contributed by atoms with Crippen LogP contribution in [0.3, 0.4) is 0 Å². The number of nitrogens with two attached hydrogens (primary N) is 2. The lowest BCUT2D eigenvalue weighted by Crippen LogP contribution is -2.13. The molecule has 0 aliphatic heterocycles. The van der Waals surface area contributed by atoms with Crippen molar-refractivity contribution in [2.24, 2.45) is 25.4 Å². The molecule has 0 aliphatic rings. The molecule has 0 saturated carbocycles. The number of hydrogen-bond donors (Lipinski definition) is 7. The standard InChI is InChI=1S/C31H25N19O13S4/c1-13-23(41-43-27-15(10-32)11-36-47(27)16-4-18(64-62-60-52)8-20(6-16)66(54,55)56)25(33)49(45-13)29-38-30(40-31(51)39-29)50-26(34)24(14(2)46-50)42-44-28-22(35-3)12-37-48(28)17-5-19(65-63-61-53)9-21(7-17)67(57,58)59/h4-9,11-12,52-53H,3,33-34H2,1-2H3,(H,54,55,56)(H,57,58,59)(H,38,39,40,51). The summed E-state index contributed by atoms with van der Waals surface area (Å²) in [5, 5.41) is 78.4. The quantitative estimate of drug-likeness (QED) is 0.0165. The van der Waals surface area contributed by atoms with Crippen molar-refractivity contribution in [2.45, 2.75) is 33.4 Å². The molecule has 2 aromatic carbocycles. The molecule has 5 aromatic heterocycles. The Kier molecular flexibility index (Phi) is 13.4. The van der Waals surface area contributed by atoms with Gasteiger partial charge in [0, 0.05) is 9.79 Å². The summed E-state index contributed by atoms with van der Waals surface area (Å²) in [5.74, 6) is -1.58. The van der Waals surface area contributed by atoms with Crippen LogP contribution < -0.4 is 11.5 Å². The van der Waals surface area contributed by atoms with Crippen molar-refractivity contribution >= 4 is 91.4 Å². The number of rotatable bonds is 17. The van der Waals surface area contributed by atoms with E-state index < -0.39 is 36.0 Å². The summed E-state index contributed by atoms with van der Waals surface area (Å²) >= 11 is 0.766. The minimum absolute atomic E-state index is 0.00395. The summed E-state index contributed by atoms with van der Waals surface area (Å²) in [6, 6.07) is 7.73. The third-order valence-electron chi connectivity index (χ3n) is 8.49. The maximum absolute atomic E-state index is 12.1. The van der Waals surface area contributed by atoms with Crippen LogP contribution >= 0.6 is 24.1 Å². The molecule has 0 radical (unpaired) electrons. The number of aromatic hydroxyl groups is 1. The van der Waals surface area contributed by atoms with Gasteiger partial charge < -0.3 is 16.6 Å². The summed E-state index contributed by atoms with van der Waals surface area (Å²) < 4.78 is 80.5. The lowest BCUT2D eigenvalue weighted by Gasteiger charge is -2.08. The second-order valence-electron chi connectivity index (χ2n) is 12.7. The molecule has 5 heterocycles. The molecule has 0 spiro atoms. The van der Waals surface area contributed by atoms with E-state index >= 15 is 0 Å². The normalized spacial score (nSPS) is 12.1. The van der Waals surface area contributed by atoms with E-state index in [1.165, 1.54) is 32.2 Å². The Morgan fingerprint density at radius 3 is 1.61 bits per heavy atom. The number of aromatic nitrogens is 11. The molecule has 346 valence electrons. The zero-order valence-electron chi connectivity index (χ0n) is 33.2. The van der Waals surface area contributed by atoms with E-state index in [1.807, 2.05) is 6.07 Å². The summed E-state index contributed by atoms with van der Waals surface area (Å²) in [4.78, 5) is 14.8. The Bertz CT molecular complexity index is 3420. The molecule has 0 unspecified atom stereocenters. The molecule has 0 atom stereocenters. The fourth-order valence-corrected chi connectivity index (χ4v) is 7.79. The monoisotopic (exact) mass is 999 g/mol. The van der Waals surface area contributed by atoms with Crippen LogP contribution in [-0.2, 0) is 39.0 Å². The number of aliphatic imine (C=N–C) groups is 1. The van der Waals surface area contributed by atoms with Crippen LogP contribution in [0.2, 0.25) is 0 Å². The number of nitriles is 1. The number of nitrogens with zero attached hydrogens (tertiary/aromatic N) is 17. The van der Waals surface area contributed by atoms with Gasteiger partial charge in [-0.15, -0.1) is 29.1 Å². The van der Waals surface area contributed by atoms with Gasteiger partial charge in [0.05, 0.1) is 69.0 Å². The lowest BCUT2D eigenvalue weighted by atomic mass is 10.3. The molecular weight excluding hydrogens is 975 g/mol. The number of azo groups is 2. The van der Waals surface area contributed by atoms with E-state index in [4.69, 9.17) is 22.0 Å². The first kappa shape index (κ1) is 47.3. The third kappa shape index (κ3) is 9.96. The van der Waals surface area contributed by atoms with Gasteiger partial charge in [-0.3, -0.25) is 14.1 Å². The van der Waals surface area contributed by atoms with Gasteiger partial charge in [-0.25, -0.2) is 19.9 Å². The molecule has 0 saturated heterocycles. The molecule has 7 rings (SSSR count). The zero-order valence-corrected chi connectivity index (χ0v) is 36.5. The highest BCUT2D eigenvalue weighted by atomic mass is 32.2. The summed E-state index contributed by atoms with van der Waals surface area (Å²) in [6.07, 6.45) is 2.32. The van der Waals surface area contributed by atoms with Gasteiger partial charge in [-0.2, -0.15) is 66.8 Å². The topological polar surface area (TPSA) is 454 Å². The molecule has 0 aliphatic carbocycles. The summed E-state index contributed by atoms with van der Waals surface area (Å²) in [7, 11) is -9.57. The first-order chi connectivity index (χ1) is 31.8. The molecule has 67 heavy (non-hydrogen) atoms. The molecule has 0 fully saturated rings.